The lowest BCUT2D eigenvalue weighted by atomic mass is 9.87. The van der Waals surface area contributed by atoms with E-state index in [9.17, 15) is 4.79 Å². The third kappa shape index (κ3) is 6.69. The van der Waals surface area contributed by atoms with Gasteiger partial charge >= 0.3 is 5.97 Å². The maximum atomic E-state index is 12.0. The number of epoxide rings is 1. The SMILES string of the molecule is CCC/C=C\C1=C(CO[Si](C)(C)C(C)(C)C)[C@@H](O[Si](C)(C)C(C)(C)C)[C@@H]2O[C@@H]2[C@H]1OC(C)=O. The van der Waals surface area contributed by atoms with Crippen LogP contribution in [0.1, 0.15) is 68.2 Å². The summed E-state index contributed by atoms with van der Waals surface area (Å²) >= 11 is 0. The first kappa shape index (κ1) is 28.5. The molecular formula is C26H48O5Si2. The molecule has 0 aromatic rings. The van der Waals surface area contributed by atoms with E-state index in [0.29, 0.717) is 6.61 Å². The van der Waals surface area contributed by atoms with Crippen LogP contribution >= 0.6 is 0 Å². The molecule has 1 saturated heterocycles. The van der Waals surface area contributed by atoms with Gasteiger partial charge in [-0.25, -0.2) is 0 Å². The summed E-state index contributed by atoms with van der Waals surface area (Å²) in [4.78, 5) is 12.0. The van der Waals surface area contributed by atoms with Gasteiger partial charge in [0.25, 0.3) is 0 Å². The molecule has 190 valence electrons. The average Bonchev–Trinajstić information content (AvgIpc) is 3.42. The van der Waals surface area contributed by atoms with Crippen LogP contribution in [0, 0.1) is 0 Å². The molecule has 0 aromatic carbocycles. The molecule has 33 heavy (non-hydrogen) atoms. The van der Waals surface area contributed by atoms with Crippen molar-refractivity contribution in [3.8, 4) is 0 Å². The van der Waals surface area contributed by atoms with E-state index >= 15 is 0 Å². The van der Waals surface area contributed by atoms with Crippen LogP contribution in [0.25, 0.3) is 0 Å². The molecule has 1 aliphatic carbocycles. The minimum absolute atomic E-state index is 0.0771. The van der Waals surface area contributed by atoms with Gasteiger partial charge in [0.2, 0.25) is 0 Å². The zero-order valence-corrected chi connectivity index (χ0v) is 25.1. The Morgan fingerprint density at radius 3 is 2.00 bits per heavy atom. The maximum Gasteiger partial charge on any atom is 0.303 e. The monoisotopic (exact) mass is 496 g/mol. The van der Waals surface area contributed by atoms with Crippen molar-refractivity contribution >= 4 is 22.6 Å². The topological polar surface area (TPSA) is 57.3 Å². The van der Waals surface area contributed by atoms with Gasteiger partial charge < -0.3 is 18.3 Å². The van der Waals surface area contributed by atoms with Crippen molar-refractivity contribution in [1.82, 2.24) is 0 Å². The fourth-order valence-electron chi connectivity index (χ4n) is 3.51. The summed E-state index contributed by atoms with van der Waals surface area (Å²) in [5.41, 5.74) is 2.09. The first-order valence-electron chi connectivity index (χ1n) is 12.5. The molecule has 1 fully saturated rings. The number of hydrogen-bond acceptors (Lipinski definition) is 5. The summed E-state index contributed by atoms with van der Waals surface area (Å²) in [6.45, 7) is 26.7. The quantitative estimate of drug-likeness (QED) is 0.200. The number of hydrogen-bond donors (Lipinski definition) is 0. The van der Waals surface area contributed by atoms with Crippen LogP contribution in [-0.4, -0.2) is 53.6 Å². The van der Waals surface area contributed by atoms with Gasteiger partial charge in [0.15, 0.2) is 22.7 Å². The summed E-state index contributed by atoms with van der Waals surface area (Å²) in [5, 5.41) is 0.178. The van der Waals surface area contributed by atoms with Gasteiger partial charge in [-0.3, -0.25) is 4.79 Å². The van der Waals surface area contributed by atoms with Crippen LogP contribution in [0.3, 0.4) is 0 Å². The van der Waals surface area contributed by atoms with Gasteiger partial charge in [-0.15, -0.1) is 0 Å². The van der Waals surface area contributed by atoms with Crippen LogP contribution < -0.4 is 0 Å². The van der Waals surface area contributed by atoms with Crippen LogP contribution in [0.15, 0.2) is 23.3 Å². The van der Waals surface area contributed by atoms with Crippen LogP contribution in [0.5, 0.6) is 0 Å². The molecule has 2 rings (SSSR count). The summed E-state index contributed by atoms with van der Waals surface area (Å²) in [7, 11) is -4.07. The zero-order chi connectivity index (χ0) is 25.4. The predicted octanol–water partition coefficient (Wildman–Crippen LogP) is 6.76. The molecule has 1 heterocycles. The van der Waals surface area contributed by atoms with Gasteiger partial charge in [-0.2, -0.15) is 0 Å². The Bertz CT molecular complexity index is 771. The molecule has 0 aromatic heterocycles. The van der Waals surface area contributed by atoms with Gasteiger partial charge in [0.1, 0.15) is 12.2 Å². The van der Waals surface area contributed by atoms with E-state index in [2.05, 4.69) is 86.8 Å². The third-order valence-corrected chi connectivity index (χ3v) is 16.8. The number of fused-ring (bicyclic) bond motifs is 1. The van der Waals surface area contributed by atoms with Gasteiger partial charge in [0.05, 0.1) is 12.7 Å². The number of allylic oxidation sites excluding steroid dienone is 1. The van der Waals surface area contributed by atoms with Crippen LogP contribution in [-0.2, 0) is 23.1 Å². The van der Waals surface area contributed by atoms with Gasteiger partial charge in [-0.1, -0.05) is 67.0 Å². The number of rotatable bonds is 9. The van der Waals surface area contributed by atoms with Gasteiger partial charge in [-0.05, 0) is 53.8 Å². The minimum atomic E-state index is -2.07. The van der Waals surface area contributed by atoms with Crippen LogP contribution in [0.2, 0.25) is 36.3 Å². The molecule has 4 atom stereocenters. The average molecular weight is 497 g/mol. The first-order valence-corrected chi connectivity index (χ1v) is 18.3. The van der Waals surface area contributed by atoms with E-state index in [0.717, 1.165) is 24.0 Å². The number of carbonyl (C=O) groups is 1. The van der Waals surface area contributed by atoms with Crippen LogP contribution in [0.4, 0.5) is 0 Å². The van der Waals surface area contributed by atoms with Crippen molar-refractivity contribution in [3.05, 3.63) is 23.3 Å². The fourth-order valence-corrected chi connectivity index (χ4v) is 5.72. The maximum absolute atomic E-state index is 12.0. The number of unbranched alkanes of at least 4 members (excludes halogenated alkanes) is 1. The summed E-state index contributed by atoms with van der Waals surface area (Å²) in [5.74, 6) is -0.288. The standard InChI is InChI=1S/C26H48O5Si2/c1-13-14-15-16-19-20(17-28-32(9,10)25(3,4)5)22(31-33(11,12)26(6,7)8)24-23(30-24)21(19)29-18(2)27/h15-16,21-24H,13-14,17H2,1-12H3/b16-15-/t21-,22+,23+,24-/m0/s1. The minimum Gasteiger partial charge on any atom is -0.455 e. The fraction of sp³-hybridized carbons (Fsp3) is 0.808. The summed E-state index contributed by atoms with van der Waals surface area (Å²) in [6, 6.07) is 0. The van der Waals surface area contributed by atoms with Crippen molar-refractivity contribution in [3.63, 3.8) is 0 Å². The van der Waals surface area contributed by atoms with E-state index in [1.54, 1.807) is 0 Å². The molecule has 5 nitrogen and oxygen atoms in total. The highest BCUT2D eigenvalue weighted by atomic mass is 28.4. The molecule has 0 spiro atoms. The van der Waals surface area contributed by atoms with Gasteiger partial charge in [0, 0.05) is 6.92 Å². The highest BCUT2D eigenvalue weighted by Gasteiger charge is 2.59. The Kier molecular flexibility index (Phi) is 8.72. The van der Waals surface area contributed by atoms with E-state index in [-0.39, 0.29) is 34.4 Å². The second kappa shape index (κ2) is 10.1. The zero-order valence-electron chi connectivity index (χ0n) is 23.1. The molecular weight excluding hydrogens is 448 g/mol. The van der Waals surface area contributed by atoms with Crippen molar-refractivity contribution in [1.29, 1.82) is 0 Å². The van der Waals surface area contributed by atoms with E-state index in [1.807, 2.05) is 0 Å². The number of esters is 1. The molecule has 0 amide bonds. The lowest BCUT2D eigenvalue weighted by Gasteiger charge is -2.42. The number of carbonyl (C=O) groups excluding carboxylic acids is 1. The van der Waals surface area contributed by atoms with Crippen molar-refractivity contribution < 1.29 is 23.1 Å². The van der Waals surface area contributed by atoms with E-state index in [1.165, 1.54) is 6.92 Å². The van der Waals surface area contributed by atoms with E-state index in [4.69, 9.17) is 18.3 Å². The molecule has 7 heteroatoms. The molecule has 0 bridgehead atoms. The Morgan fingerprint density at radius 1 is 0.970 bits per heavy atom. The molecule has 0 saturated carbocycles. The summed E-state index contributed by atoms with van der Waals surface area (Å²) in [6.07, 6.45) is 5.50. The molecule has 0 radical (unpaired) electrons. The van der Waals surface area contributed by atoms with Crippen molar-refractivity contribution in [2.45, 2.75) is 129 Å². The predicted molar refractivity (Wildman–Crippen MR) is 141 cm³/mol. The smallest absolute Gasteiger partial charge is 0.303 e. The highest BCUT2D eigenvalue weighted by molar-refractivity contribution is 6.74. The summed E-state index contributed by atoms with van der Waals surface area (Å²) < 4.78 is 25.6. The highest BCUT2D eigenvalue weighted by Crippen LogP contribution is 2.48. The molecule has 0 N–H and O–H groups in total. The van der Waals surface area contributed by atoms with Crippen molar-refractivity contribution in [2.24, 2.45) is 0 Å². The second-order valence-electron chi connectivity index (χ2n) is 12.6. The first-order chi connectivity index (χ1) is 14.9. The number of ether oxygens (including phenoxy) is 2. The molecule has 1 aliphatic heterocycles. The molecule has 0 unspecified atom stereocenters. The lowest BCUT2D eigenvalue weighted by Crippen LogP contribution is -2.50. The largest absolute Gasteiger partial charge is 0.455 e. The molecule has 2 aliphatic rings. The lowest BCUT2D eigenvalue weighted by molar-refractivity contribution is -0.145. The second-order valence-corrected chi connectivity index (χ2v) is 22.2. The van der Waals surface area contributed by atoms with Crippen molar-refractivity contribution in [2.75, 3.05) is 6.61 Å². The Balaban J connectivity index is 2.54. The Labute approximate surface area is 204 Å². The van der Waals surface area contributed by atoms with E-state index < -0.39 is 22.7 Å². The third-order valence-electron chi connectivity index (χ3n) is 7.85. The Morgan fingerprint density at radius 2 is 1.52 bits per heavy atom. The normalized spacial score (nSPS) is 26.5. The Hall–Kier alpha value is -0.736.